The van der Waals surface area contributed by atoms with Gasteiger partial charge >= 0.3 is 0 Å². The number of benzene rings is 2. The number of nitrogens with one attached hydrogen (secondary N) is 1. The van der Waals surface area contributed by atoms with E-state index in [-0.39, 0.29) is 12.8 Å². The first-order valence-corrected chi connectivity index (χ1v) is 10.3. The molecule has 2 aromatic rings. The second-order valence-corrected chi connectivity index (χ2v) is 7.63. The Morgan fingerprint density at radius 2 is 2.07 bits per heavy atom. The highest BCUT2D eigenvalue weighted by Crippen LogP contribution is 2.31. The summed E-state index contributed by atoms with van der Waals surface area (Å²) in [6, 6.07) is 15.7. The van der Waals surface area contributed by atoms with Gasteiger partial charge in [-0.05, 0) is 23.8 Å². The summed E-state index contributed by atoms with van der Waals surface area (Å²) in [6.45, 7) is 1.37. The molecule has 0 spiro atoms. The third-order valence-corrected chi connectivity index (χ3v) is 5.61. The summed E-state index contributed by atoms with van der Waals surface area (Å²) >= 11 is 1.71. The van der Waals surface area contributed by atoms with Gasteiger partial charge in [-0.15, -0.1) is 11.8 Å². The fourth-order valence-corrected chi connectivity index (χ4v) is 4.10. The van der Waals surface area contributed by atoms with E-state index in [1.54, 1.807) is 23.8 Å². The van der Waals surface area contributed by atoms with Gasteiger partial charge < -0.3 is 19.9 Å². The van der Waals surface area contributed by atoms with Crippen LogP contribution >= 0.6 is 11.8 Å². The summed E-state index contributed by atoms with van der Waals surface area (Å²) in [5, 5.41) is 13.4. The third-order valence-electron chi connectivity index (χ3n) is 4.55. The minimum atomic E-state index is -0.631. The Hall–Kier alpha value is -2.06. The van der Waals surface area contributed by atoms with E-state index in [9.17, 15) is 9.90 Å². The molecule has 2 N–H and O–H groups in total. The van der Waals surface area contributed by atoms with E-state index in [0.717, 1.165) is 40.6 Å². The number of aliphatic hydroxyl groups is 1. The van der Waals surface area contributed by atoms with Crippen LogP contribution in [0.5, 0.6) is 5.75 Å². The number of anilines is 1. The van der Waals surface area contributed by atoms with Gasteiger partial charge in [-0.1, -0.05) is 30.3 Å². The van der Waals surface area contributed by atoms with Crippen LogP contribution in [0.3, 0.4) is 0 Å². The van der Waals surface area contributed by atoms with Crippen LogP contribution in [0, 0.1) is 0 Å². The number of methoxy groups -OCH3 is 1. The molecule has 1 amide bonds. The molecule has 0 fully saturated rings. The van der Waals surface area contributed by atoms with Crippen LogP contribution < -0.4 is 15.0 Å². The number of para-hydroxylation sites is 2. The average molecular weight is 403 g/mol. The largest absolute Gasteiger partial charge is 0.496 e. The van der Waals surface area contributed by atoms with Crippen LogP contribution in [-0.2, 0) is 16.0 Å². The normalized spacial score (nSPS) is 16.6. The number of carbonyl (C=O) groups excluding carboxylic acids is 1. The fraction of sp³-hybridized carbons (Fsp3) is 0.381. The molecule has 150 valence electrons. The second-order valence-electron chi connectivity index (χ2n) is 6.49. The first kappa shape index (κ1) is 20.7. The molecule has 28 heavy (non-hydrogen) atoms. The molecular weight excluding hydrogens is 376 g/mol. The van der Waals surface area contributed by atoms with Gasteiger partial charge in [-0.3, -0.25) is 9.69 Å². The smallest absolute Gasteiger partial charge is 0.216 e. The lowest BCUT2D eigenvalue weighted by atomic mass is 10.2. The van der Waals surface area contributed by atoms with Crippen molar-refractivity contribution in [3.05, 3.63) is 54.1 Å². The zero-order valence-corrected chi connectivity index (χ0v) is 16.7. The van der Waals surface area contributed by atoms with E-state index < -0.39 is 6.10 Å². The van der Waals surface area contributed by atoms with Gasteiger partial charge in [0, 0.05) is 35.8 Å². The second kappa shape index (κ2) is 10.5. The molecule has 0 saturated heterocycles. The van der Waals surface area contributed by atoms with Crippen LogP contribution in [0.1, 0.15) is 5.56 Å². The quantitative estimate of drug-likeness (QED) is 0.341. The number of thioether (sulfide) groups is 1. The Morgan fingerprint density at radius 1 is 1.29 bits per heavy atom. The van der Waals surface area contributed by atoms with Crippen LogP contribution in [0.4, 0.5) is 5.69 Å². The Balaban J connectivity index is 1.34. The topological polar surface area (TPSA) is 71.0 Å². The highest BCUT2D eigenvalue weighted by atomic mass is 32.2. The van der Waals surface area contributed by atoms with Gasteiger partial charge in [0.15, 0.2) is 0 Å². The Labute approximate surface area is 169 Å². The number of aliphatic hydroxyl groups excluding tert-OH is 1. The molecule has 0 radical (unpaired) electrons. The standard InChI is InChI=1S/C21H26N2O4S/c1-26-19-8-4-5-9-20(19)28-11-10-22-13-17(25)14-27-21-12-16-6-2-3-7-18(16)23(21)15-24/h2-9,15,17,21-22,25H,10-14H2,1H3. The van der Waals surface area contributed by atoms with E-state index in [2.05, 4.69) is 5.32 Å². The zero-order valence-electron chi connectivity index (χ0n) is 15.9. The molecule has 0 bridgehead atoms. The molecule has 2 atom stereocenters. The van der Waals surface area contributed by atoms with Crippen molar-refractivity contribution in [2.45, 2.75) is 23.6 Å². The number of ether oxygens (including phenoxy) is 2. The van der Waals surface area contributed by atoms with Crippen molar-refractivity contribution in [1.29, 1.82) is 0 Å². The molecule has 0 aromatic heterocycles. The van der Waals surface area contributed by atoms with Crippen LogP contribution in [-0.4, -0.2) is 56.4 Å². The van der Waals surface area contributed by atoms with E-state index >= 15 is 0 Å². The Morgan fingerprint density at radius 3 is 2.89 bits per heavy atom. The number of carbonyl (C=O) groups is 1. The van der Waals surface area contributed by atoms with Gasteiger partial charge in [0.2, 0.25) is 6.41 Å². The fourth-order valence-electron chi connectivity index (χ4n) is 3.16. The summed E-state index contributed by atoms with van der Waals surface area (Å²) in [5.41, 5.74) is 1.96. The number of hydrogen-bond acceptors (Lipinski definition) is 6. The molecule has 2 unspecified atom stereocenters. The van der Waals surface area contributed by atoms with Crippen molar-refractivity contribution in [3.63, 3.8) is 0 Å². The van der Waals surface area contributed by atoms with E-state index in [4.69, 9.17) is 9.47 Å². The van der Waals surface area contributed by atoms with Crippen molar-refractivity contribution in [1.82, 2.24) is 5.32 Å². The third kappa shape index (κ3) is 5.26. The summed E-state index contributed by atoms with van der Waals surface area (Å²) in [7, 11) is 1.67. The maximum absolute atomic E-state index is 11.4. The molecular formula is C21H26N2O4S. The first-order valence-electron chi connectivity index (χ1n) is 9.30. The van der Waals surface area contributed by atoms with Gasteiger partial charge in [0.25, 0.3) is 0 Å². The van der Waals surface area contributed by atoms with Crippen molar-refractivity contribution < 1.29 is 19.4 Å². The predicted octanol–water partition coefficient (Wildman–Crippen LogP) is 2.30. The van der Waals surface area contributed by atoms with E-state index in [1.807, 2.05) is 48.5 Å². The Kier molecular flexibility index (Phi) is 7.73. The molecule has 1 aliphatic heterocycles. The van der Waals surface area contributed by atoms with Crippen molar-refractivity contribution in [3.8, 4) is 5.75 Å². The lowest BCUT2D eigenvalue weighted by Gasteiger charge is -2.22. The minimum Gasteiger partial charge on any atom is -0.496 e. The lowest BCUT2D eigenvalue weighted by molar-refractivity contribution is -0.110. The van der Waals surface area contributed by atoms with Crippen LogP contribution in [0.2, 0.25) is 0 Å². The molecule has 0 aliphatic carbocycles. The zero-order chi connectivity index (χ0) is 19.8. The van der Waals surface area contributed by atoms with E-state index in [0.29, 0.717) is 13.0 Å². The van der Waals surface area contributed by atoms with Gasteiger partial charge in [0.1, 0.15) is 12.0 Å². The maximum atomic E-state index is 11.4. The van der Waals surface area contributed by atoms with Crippen molar-refractivity contribution >= 4 is 23.9 Å². The van der Waals surface area contributed by atoms with Crippen molar-refractivity contribution in [2.24, 2.45) is 0 Å². The van der Waals surface area contributed by atoms with Crippen LogP contribution in [0.25, 0.3) is 0 Å². The minimum absolute atomic E-state index is 0.176. The molecule has 0 saturated carbocycles. The first-order chi connectivity index (χ1) is 13.7. The molecule has 2 aromatic carbocycles. The maximum Gasteiger partial charge on any atom is 0.216 e. The average Bonchev–Trinajstić information content (AvgIpc) is 3.09. The van der Waals surface area contributed by atoms with Gasteiger partial charge in [0.05, 0.1) is 19.8 Å². The molecule has 6 nitrogen and oxygen atoms in total. The summed E-state index contributed by atoms with van der Waals surface area (Å²) in [5.74, 6) is 1.74. The number of hydrogen-bond donors (Lipinski definition) is 2. The molecule has 3 rings (SSSR count). The monoisotopic (exact) mass is 402 g/mol. The van der Waals surface area contributed by atoms with E-state index in [1.165, 1.54) is 0 Å². The summed E-state index contributed by atoms with van der Waals surface area (Å²) in [4.78, 5) is 14.1. The SMILES string of the molecule is COc1ccccc1SCCNCC(O)COC1Cc2ccccc2N1C=O. The highest BCUT2D eigenvalue weighted by Gasteiger charge is 2.29. The number of rotatable bonds is 11. The number of amides is 1. The molecule has 7 heteroatoms. The van der Waals surface area contributed by atoms with Gasteiger partial charge in [-0.25, -0.2) is 0 Å². The number of nitrogens with zero attached hydrogens (tertiary/aromatic N) is 1. The van der Waals surface area contributed by atoms with Crippen LogP contribution in [0.15, 0.2) is 53.4 Å². The van der Waals surface area contributed by atoms with Gasteiger partial charge in [-0.2, -0.15) is 0 Å². The van der Waals surface area contributed by atoms with Crippen molar-refractivity contribution in [2.75, 3.05) is 37.5 Å². The highest BCUT2D eigenvalue weighted by molar-refractivity contribution is 7.99. The predicted molar refractivity (Wildman–Crippen MR) is 111 cm³/mol. The summed E-state index contributed by atoms with van der Waals surface area (Å²) in [6.07, 6.45) is 0.444. The summed E-state index contributed by atoms with van der Waals surface area (Å²) < 4.78 is 11.1. The lowest BCUT2D eigenvalue weighted by Crippen LogP contribution is -2.38. The molecule has 1 heterocycles. The Bertz CT molecular complexity index is 774. The molecule has 1 aliphatic rings. The number of fused-ring (bicyclic) bond motifs is 1.